The maximum Gasteiger partial charge on any atom is 0.143 e. The van der Waals surface area contributed by atoms with Gasteiger partial charge in [-0.3, -0.25) is 5.10 Å². The van der Waals surface area contributed by atoms with Gasteiger partial charge >= 0.3 is 0 Å². The van der Waals surface area contributed by atoms with Crippen molar-refractivity contribution in [3.05, 3.63) is 33.4 Å². The summed E-state index contributed by atoms with van der Waals surface area (Å²) in [5, 5.41) is 9.65. The molecule has 0 fully saturated rings. The van der Waals surface area contributed by atoms with Gasteiger partial charge in [-0.1, -0.05) is 0 Å². The molecule has 2 aromatic heterocycles. The SMILES string of the molecule is Brc1cnc(NCc2ncn[nH]2)c(Br)c1. The van der Waals surface area contributed by atoms with Crippen molar-refractivity contribution in [2.75, 3.05) is 5.32 Å². The van der Waals surface area contributed by atoms with Gasteiger partial charge in [-0.15, -0.1) is 0 Å². The molecular weight excluding hydrogens is 326 g/mol. The molecule has 0 atom stereocenters. The largest absolute Gasteiger partial charge is 0.362 e. The fraction of sp³-hybridized carbons (Fsp3) is 0.125. The summed E-state index contributed by atoms with van der Waals surface area (Å²) in [5.74, 6) is 1.54. The monoisotopic (exact) mass is 331 g/mol. The highest BCUT2D eigenvalue weighted by Crippen LogP contribution is 2.23. The van der Waals surface area contributed by atoms with E-state index in [0.717, 1.165) is 20.6 Å². The van der Waals surface area contributed by atoms with Gasteiger partial charge < -0.3 is 5.32 Å². The van der Waals surface area contributed by atoms with E-state index in [2.05, 4.69) is 57.3 Å². The van der Waals surface area contributed by atoms with Gasteiger partial charge in [-0.2, -0.15) is 5.10 Å². The third-order valence-corrected chi connectivity index (χ3v) is 2.73. The Hall–Kier alpha value is -0.950. The normalized spacial score (nSPS) is 10.3. The molecule has 5 nitrogen and oxygen atoms in total. The number of aromatic nitrogens is 4. The third-order valence-electron chi connectivity index (χ3n) is 1.70. The van der Waals surface area contributed by atoms with Gasteiger partial charge in [0, 0.05) is 10.7 Å². The number of rotatable bonds is 3. The van der Waals surface area contributed by atoms with E-state index in [9.17, 15) is 0 Å². The van der Waals surface area contributed by atoms with Gasteiger partial charge in [0.1, 0.15) is 18.0 Å². The fourth-order valence-electron chi connectivity index (χ4n) is 1.03. The molecule has 0 aliphatic carbocycles. The molecule has 2 heterocycles. The number of hydrogen-bond donors (Lipinski definition) is 2. The molecule has 0 amide bonds. The van der Waals surface area contributed by atoms with Gasteiger partial charge in [0.15, 0.2) is 0 Å². The highest BCUT2D eigenvalue weighted by atomic mass is 79.9. The van der Waals surface area contributed by atoms with Gasteiger partial charge in [0.25, 0.3) is 0 Å². The maximum absolute atomic E-state index is 4.21. The number of H-pyrrole nitrogens is 1. The third kappa shape index (κ3) is 2.75. The molecule has 0 aliphatic heterocycles. The summed E-state index contributed by atoms with van der Waals surface area (Å²) in [7, 11) is 0. The van der Waals surface area contributed by atoms with Crippen LogP contribution in [-0.4, -0.2) is 20.2 Å². The lowest BCUT2D eigenvalue weighted by atomic mass is 10.4. The average molecular weight is 333 g/mol. The van der Waals surface area contributed by atoms with Crippen molar-refractivity contribution in [2.24, 2.45) is 0 Å². The Morgan fingerprint density at radius 2 is 2.20 bits per heavy atom. The topological polar surface area (TPSA) is 66.5 Å². The molecule has 2 rings (SSSR count). The highest BCUT2D eigenvalue weighted by Gasteiger charge is 2.02. The number of pyridine rings is 1. The van der Waals surface area contributed by atoms with Gasteiger partial charge in [0.2, 0.25) is 0 Å². The zero-order chi connectivity index (χ0) is 10.7. The first-order chi connectivity index (χ1) is 7.25. The Morgan fingerprint density at radius 3 is 2.87 bits per heavy atom. The minimum atomic E-state index is 0.563. The van der Waals surface area contributed by atoms with Gasteiger partial charge in [-0.05, 0) is 37.9 Å². The smallest absolute Gasteiger partial charge is 0.143 e. The van der Waals surface area contributed by atoms with Crippen LogP contribution in [-0.2, 0) is 6.54 Å². The van der Waals surface area contributed by atoms with E-state index in [1.54, 1.807) is 6.20 Å². The number of anilines is 1. The maximum atomic E-state index is 4.21. The number of nitrogens with one attached hydrogen (secondary N) is 2. The summed E-state index contributed by atoms with van der Waals surface area (Å²) in [6.45, 7) is 0.563. The first kappa shape index (κ1) is 10.6. The van der Waals surface area contributed by atoms with E-state index >= 15 is 0 Å². The first-order valence-electron chi connectivity index (χ1n) is 4.15. The van der Waals surface area contributed by atoms with Crippen LogP contribution in [0.3, 0.4) is 0 Å². The lowest BCUT2D eigenvalue weighted by Crippen LogP contribution is -2.03. The summed E-state index contributed by atoms with van der Waals surface area (Å²) in [4.78, 5) is 8.21. The minimum Gasteiger partial charge on any atom is -0.362 e. The van der Waals surface area contributed by atoms with E-state index < -0.39 is 0 Å². The second-order valence-electron chi connectivity index (χ2n) is 2.77. The highest BCUT2D eigenvalue weighted by molar-refractivity contribution is 9.11. The average Bonchev–Trinajstić information content (AvgIpc) is 2.69. The van der Waals surface area contributed by atoms with Crippen molar-refractivity contribution >= 4 is 37.7 Å². The molecule has 0 aliphatic rings. The standard InChI is InChI=1S/C8H7Br2N5/c9-5-1-6(10)8(11-2-5)12-3-7-13-4-14-15-7/h1-2,4H,3H2,(H,11,12)(H,13,14,15). The molecule has 0 bridgehead atoms. The lowest BCUT2D eigenvalue weighted by Gasteiger charge is -2.05. The van der Waals surface area contributed by atoms with Crippen LogP contribution in [0.2, 0.25) is 0 Å². The van der Waals surface area contributed by atoms with Crippen LogP contribution in [0.1, 0.15) is 5.82 Å². The lowest BCUT2D eigenvalue weighted by molar-refractivity contribution is 0.946. The number of hydrogen-bond acceptors (Lipinski definition) is 4. The second kappa shape index (κ2) is 4.71. The van der Waals surface area contributed by atoms with Gasteiger partial charge in [0.05, 0.1) is 11.0 Å². The number of halogens is 2. The second-order valence-corrected chi connectivity index (χ2v) is 4.54. The molecule has 2 N–H and O–H groups in total. The van der Waals surface area contributed by atoms with Crippen LogP contribution < -0.4 is 5.32 Å². The molecule has 0 saturated heterocycles. The minimum absolute atomic E-state index is 0.563. The van der Waals surface area contributed by atoms with E-state index in [1.807, 2.05) is 6.07 Å². The predicted octanol–water partition coefficient (Wildman–Crippen LogP) is 2.34. The van der Waals surface area contributed by atoms with Crippen LogP contribution >= 0.6 is 31.9 Å². The first-order valence-corrected chi connectivity index (χ1v) is 5.73. The van der Waals surface area contributed by atoms with Crippen LogP contribution in [0.25, 0.3) is 0 Å². The van der Waals surface area contributed by atoms with Crippen molar-refractivity contribution in [1.82, 2.24) is 20.2 Å². The van der Waals surface area contributed by atoms with E-state index in [4.69, 9.17) is 0 Å². The molecule has 0 unspecified atom stereocenters. The predicted molar refractivity (Wildman–Crippen MR) is 63.3 cm³/mol. The fourth-order valence-corrected chi connectivity index (χ4v) is 2.16. The molecule has 0 saturated carbocycles. The van der Waals surface area contributed by atoms with Crippen LogP contribution in [0.5, 0.6) is 0 Å². The Morgan fingerprint density at radius 1 is 1.33 bits per heavy atom. The zero-order valence-electron chi connectivity index (χ0n) is 7.54. The van der Waals surface area contributed by atoms with Crippen molar-refractivity contribution in [1.29, 1.82) is 0 Å². The molecule has 2 aromatic rings. The molecule has 0 aromatic carbocycles. The van der Waals surface area contributed by atoms with E-state index in [0.29, 0.717) is 6.54 Å². The Kier molecular flexibility index (Phi) is 3.32. The van der Waals surface area contributed by atoms with Crippen molar-refractivity contribution in [3.8, 4) is 0 Å². The van der Waals surface area contributed by atoms with Crippen molar-refractivity contribution in [2.45, 2.75) is 6.54 Å². The van der Waals surface area contributed by atoms with Crippen LogP contribution in [0.4, 0.5) is 5.82 Å². The molecular formula is C8H7Br2N5. The van der Waals surface area contributed by atoms with Crippen LogP contribution in [0.15, 0.2) is 27.5 Å². The Labute approximate surface area is 103 Å². The zero-order valence-corrected chi connectivity index (χ0v) is 10.7. The van der Waals surface area contributed by atoms with E-state index in [-0.39, 0.29) is 0 Å². The molecule has 78 valence electrons. The van der Waals surface area contributed by atoms with Crippen molar-refractivity contribution < 1.29 is 0 Å². The summed E-state index contributed by atoms with van der Waals surface area (Å²) in [5.41, 5.74) is 0. The molecule has 0 radical (unpaired) electrons. The quantitative estimate of drug-likeness (QED) is 0.905. The molecule has 7 heteroatoms. The molecule has 0 spiro atoms. The number of nitrogens with zero attached hydrogens (tertiary/aromatic N) is 3. The summed E-state index contributed by atoms with van der Waals surface area (Å²) < 4.78 is 1.83. The van der Waals surface area contributed by atoms with E-state index in [1.165, 1.54) is 6.33 Å². The van der Waals surface area contributed by atoms with Crippen molar-refractivity contribution in [3.63, 3.8) is 0 Å². The number of aromatic amines is 1. The molecule has 15 heavy (non-hydrogen) atoms. The van der Waals surface area contributed by atoms with Gasteiger partial charge in [-0.25, -0.2) is 9.97 Å². The Balaban J connectivity index is 2.05. The summed E-state index contributed by atoms with van der Waals surface area (Å²) >= 11 is 6.75. The van der Waals surface area contributed by atoms with Crippen LogP contribution in [0, 0.1) is 0 Å². The Bertz CT molecular complexity index is 442. The summed E-state index contributed by atoms with van der Waals surface area (Å²) in [6.07, 6.45) is 3.20. The summed E-state index contributed by atoms with van der Waals surface area (Å²) in [6, 6.07) is 1.93.